The van der Waals surface area contributed by atoms with Gasteiger partial charge in [0.2, 0.25) is 0 Å². The van der Waals surface area contributed by atoms with Crippen molar-refractivity contribution < 1.29 is 13.9 Å². The zero-order chi connectivity index (χ0) is 18.5. The summed E-state index contributed by atoms with van der Waals surface area (Å²) in [6.07, 6.45) is 5.62. The molecular weight excluding hydrogens is 329 g/mol. The maximum atomic E-state index is 13.2. The average Bonchev–Trinajstić information content (AvgIpc) is 2.69. The van der Waals surface area contributed by atoms with Crippen LogP contribution in [0.2, 0.25) is 0 Å². The summed E-state index contributed by atoms with van der Waals surface area (Å²) < 4.78 is 23.9. The van der Waals surface area contributed by atoms with E-state index in [2.05, 4.69) is 11.1 Å². The number of aromatic nitrogens is 1. The van der Waals surface area contributed by atoms with Crippen LogP contribution < -0.4 is 9.47 Å². The molecule has 0 bridgehead atoms. The van der Waals surface area contributed by atoms with Gasteiger partial charge in [-0.3, -0.25) is 4.98 Å². The number of nitrogens with zero attached hydrogens (tertiary/aromatic N) is 1. The number of hydrogen-bond acceptors (Lipinski definition) is 3. The van der Waals surface area contributed by atoms with Crippen molar-refractivity contribution in [3.05, 3.63) is 83.9 Å². The van der Waals surface area contributed by atoms with Gasteiger partial charge in [0, 0.05) is 23.5 Å². The number of ether oxygens (including phenoxy) is 2. The SMILES string of the molecule is C/C=C(/c1ccc(F)cc1)c1cncc(-c2ccc(OC)c(OC)c2)c1. The Labute approximate surface area is 152 Å². The van der Waals surface area contributed by atoms with Crippen LogP contribution in [0, 0.1) is 5.82 Å². The Bertz CT molecular complexity index is 933. The van der Waals surface area contributed by atoms with Crippen LogP contribution in [-0.4, -0.2) is 19.2 Å². The highest BCUT2D eigenvalue weighted by atomic mass is 19.1. The molecule has 26 heavy (non-hydrogen) atoms. The Hall–Kier alpha value is -3.14. The van der Waals surface area contributed by atoms with Gasteiger partial charge >= 0.3 is 0 Å². The third-order valence-corrected chi connectivity index (χ3v) is 4.21. The largest absolute Gasteiger partial charge is 0.493 e. The van der Waals surface area contributed by atoms with E-state index < -0.39 is 0 Å². The summed E-state index contributed by atoms with van der Waals surface area (Å²) >= 11 is 0. The van der Waals surface area contributed by atoms with Crippen molar-refractivity contribution in [2.45, 2.75) is 6.92 Å². The summed E-state index contributed by atoms with van der Waals surface area (Å²) in [7, 11) is 3.23. The zero-order valence-electron chi connectivity index (χ0n) is 15.0. The van der Waals surface area contributed by atoms with E-state index in [1.807, 2.05) is 43.6 Å². The maximum absolute atomic E-state index is 13.2. The third kappa shape index (κ3) is 3.59. The lowest BCUT2D eigenvalue weighted by molar-refractivity contribution is 0.355. The first-order valence-corrected chi connectivity index (χ1v) is 8.26. The molecule has 0 aliphatic rings. The lowest BCUT2D eigenvalue weighted by atomic mass is 9.96. The van der Waals surface area contributed by atoms with E-state index in [9.17, 15) is 4.39 Å². The number of pyridine rings is 1. The van der Waals surface area contributed by atoms with Gasteiger partial charge in [-0.25, -0.2) is 4.39 Å². The zero-order valence-corrected chi connectivity index (χ0v) is 15.0. The van der Waals surface area contributed by atoms with Gasteiger partial charge in [-0.15, -0.1) is 0 Å². The molecule has 4 heteroatoms. The molecule has 0 unspecified atom stereocenters. The predicted octanol–water partition coefficient (Wildman–Crippen LogP) is 5.36. The quantitative estimate of drug-likeness (QED) is 0.622. The summed E-state index contributed by atoms with van der Waals surface area (Å²) in [5.74, 6) is 1.10. The molecule has 0 fully saturated rings. The van der Waals surface area contributed by atoms with Crippen molar-refractivity contribution in [3.8, 4) is 22.6 Å². The fourth-order valence-electron chi connectivity index (χ4n) is 2.89. The molecule has 0 amide bonds. The molecule has 0 spiro atoms. The van der Waals surface area contributed by atoms with Crippen LogP contribution in [0.3, 0.4) is 0 Å². The van der Waals surface area contributed by atoms with Crippen LogP contribution >= 0.6 is 0 Å². The smallest absolute Gasteiger partial charge is 0.161 e. The number of hydrogen-bond donors (Lipinski definition) is 0. The minimum Gasteiger partial charge on any atom is -0.493 e. The molecule has 0 N–H and O–H groups in total. The van der Waals surface area contributed by atoms with Crippen molar-refractivity contribution >= 4 is 5.57 Å². The van der Waals surface area contributed by atoms with E-state index in [1.54, 1.807) is 26.4 Å². The van der Waals surface area contributed by atoms with Gasteiger partial charge in [0.1, 0.15) is 5.82 Å². The van der Waals surface area contributed by atoms with Gasteiger partial charge in [0.15, 0.2) is 11.5 Å². The Morgan fingerprint density at radius 3 is 2.23 bits per heavy atom. The van der Waals surface area contributed by atoms with Crippen LogP contribution in [0.1, 0.15) is 18.1 Å². The molecule has 1 aromatic heterocycles. The summed E-state index contributed by atoms with van der Waals surface area (Å²) in [6.45, 7) is 1.96. The molecule has 0 atom stereocenters. The van der Waals surface area contributed by atoms with Crippen LogP contribution in [0.4, 0.5) is 4.39 Å². The molecule has 2 aromatic carbocycles. The highest BCUT2D eigenvalue weighted by Gasteiger charge is 2.10. The normalized spacial score (nSPS) is 11.3. The minimum atomic E-state index is -0.249. The lowest BCUT2D eigenvalue weighted by Crippen LogP contribution is -1.93. The van der Waals surface area contributed by atoms with E-state index in [4.69, 9.17) is 9.47 Å². The van der Waals surface area contributed by atoms with E-state index in [-0.39, 0.29) is 5.82 Å². The van der Waals surface area contributed by atoms with Gasteiger partial charge in [0.25, 0.3) is 0 Å². The van der Waals surface area contributed by atoms with Crippen molar-refractivity contribution in [1.29, 1.82) is 0 Å². The van der Waals surface area contributed by atoms with E-state index in [1.165, 1.54) is 12.1 Å². The second-order valence-electron chi connectivity index (χ2n) is 5.74. The van der Waals surface area contributed by atoms with Crippen molar-refractivity contribution in [2.24, 2.45) is 0 Å². The van der Waals surface area contributed by atoms with E-state index >= 15 is 0 Å². The second kappa shape index (κ2) is 7.83. The molecule has 0 saturated carbocycles. The monoisotopic (exact) mass is 349 g/mol. The van der Waals surface area contributed by atoms with Crippen LogP contribution in [0.5, 0.6) is 11.5 Å². The molecule has 0 aliphatic carbocycles. The molecule has 132 valence electrons. The molecular formula is C22H20FNO2. The number of rotatable bonds is 5. The molecule has 3 aromatic rings. The van der Waals surface area contributed by atoms with Crippen LogP contribution in [0.25, 0.3) is 16.7 Å². The topological polar surface area (TPSA) is 31.4 Å². The fraction of sp³-hybridized carbons (Fsp3) is 0.136. The molecule has 0 radical (unpaired) electrons. The molecule has 0 saturated heterocycles. The molecule has 0 aliphatic heterocycles. The van der Waals surface area contributed by atoms with Crippen molar-refractivity contribution in [3.63, 3.8) is 0 Å². The standard InChI is InChI=1S/C22H20FNO2/c1-4-20(15-5-8-19(23)9-6-15)18-11-17(13-24-14-18)16-7-10-21(25-2)22(12-16)26-3/h4-14H,1-3H3/b20-4-. The number of allylic oxidation sites excluding steroid dienone is 1. The molecule has 3 rings (SSSR count). The number of methoxy groups -OCH3 is 2. The maximum Gasteiger partial charge on any atom is 0.161 e. The van der Waals surface area contributed by atoms with Gasteiger partial charge in [0.05, 0.1) is 14.2 Å². The first kappa shape index (κ1) is 17.7. The summed E-state index contributed by atoms with van der Waals surface area (Å²) in [5.41, 5.74) is 4.85. The highest BCUT2D eigenvalue weighted by Crippen LogP contribution is 2.33. The Kier molecular flexibility index (Phi) is 5.32. The summed E-state index contributed by atoms with van der Waals surface area (Å²) in [6, 6.07) is 14.3. The van der Waals surface area contributed by atoms with Crippen molar-refractivity contribution in [1.82, 2.24) is 4.98 Å². The Balaban J connectivity index is 2.01. The first-order valence-electron chi connectivity index (χ1n) is 8.26. The van der Waals surface area contributed by atoms with Gasteiger partial charge in [-0.2, -0.15) is 0 Å². The summed E-state index contributed by atoms with van der Waals surface area (Å²) in [4.78, 5) is 4.38. The number of benzene rings is 2. The van der Waals surface area contributed by atoms with Crippen molar-refractivity contribution in [2.75, 3.05) is 14.2 Å². The third-order valence-electron chi connectivity index (χ3n) is 4.21. The van der Waals surface area contributed by atoms with Crippen LogP contribution in [-0.2, 0) is 0 Å². The number of halogens is 1. The lowest BCUT2D eigenvalue weighted by Gasteiger charge is -2.12. The molecule has 1 heterocycles. The highest BCUT2D eigenvalue weighted by molar-refractivity contribution is 5.81. The van der Waals surface area contributed by atoms with Gasteiger partial charge in [-0.1, -0.05) is 24.3 Å². The molecule has 3 nitrogen and oxygen atoms in total. The minimum absolute atomic E-state index is 0.249. The predicted molar refractivity (Wildman–Crippen MR) is 102 cm³/mol. The fourth-order valence-corrected chi connectivity index (χ4v) is 2.89. The van der Waals surface area contributed by atoms with Gasteiger partial charge < -0.3 is 9.47 Å². The van der Waals surface area contributed by atoms with E-state index in [0.717, 1.165) is 27.8 Å². The first-order chi connectivity index (χ1) is 12.7. The van der Waals surface area contributed by atoms with Crippen LogP contribution in [0.15, 0.2) is 67.0 Å². The van der Waals surface area contributed by atoms with Gasteiger partial charge in [-0.05, 0) is 54.0 Å². The average molecular weight is 349 g/mol. The Morgan fingerprint density at radius 2 is 1.58 bits per heavy atom. The van der Waals surface area contributed by atoms with E-state index in [0.29, 0.717) is 11.5 Å². The Morgan fingerprint density at radius 1 is 0.846 bits per heavy atom. The summed E-state index contributed by atoms with van der Waals surface area (Å²) in [5, 5.41) is 0. The second-order valence-corrected chi connectivity index (χ2v) is 5.74.